The SMILES string of the molecule is O=C(O/C=C/COc1ccccc1)C1CC1. The second-order valence-electron chi connectivity index (χ2n) is 3.71. The number of benzene rings is 1. The molecule has 1 aromatic rings. The van der Waals surface area contributed by atoms with Gasteiger partial charge in [-0.05, 0) is 31.1 Å². The van der Waals surface area contributed by atoms with Gasteiger partial charge < -0.3 is 9.47 Å². The summed E-state index contributed by atoms with van der Waals surface area (Å²) in [6.45, 7) is 0.405. The molecule has 0 radical (unpaired) electrons. The Balaban J connectivity index is 1.64. The third-order valence-corrected chi connectivity index (χ3v) is 2.28. The largest absolute Gasteiger partial charge is 0.489 e. The Hall–Kier alpha value is -1.77. The maximum Gasteiger partial charge on any atom is 0.313 e. The fourth-order valence-corrected chi connectivity index (χ4v) is 1.23. The molecule has 1 fully saturated rings. The molecule has 3 heteroatoms. The first-order valence-electron chi connectivity index (χ1n) is 5.39. The third kappa shape index (κ3) is 3.42. The van der Waals surface area contributed by atoms with Gasteiger partial charge in [-0.25, -0.2) is 0 Å². The quantitative estimate of drug-likeness (QED) is 0.562. The average molecular weight is 218 g/mol. The lowest BCUT2D eigenvalue weighted by Gasteiger charge is -2.01. The predicted molar refractivity (Wildman–Crippen MR) is 59.9 cm³/mol. The molecule has 16 heavy (non-hydrogen) atoms. The van der Waals surface area contributed by atoms with Gasteiger partial charge in [0.05, 0.1) is 12.2 Å². The van der Waals surface area contributed by atoms with Crippen LogP contribution in [0, 0.1) is 5.92 Å². The van der Waals surface area contributed by atoms with E-state index in [0.29, 0.717) is 6.61 Å². The minimum atomic E-state index is -0.129. The number of esters is 1. The molecule has 0 heterocycles. The van der Waals surface area contributed by atoms with Gasteiger partial charge in [-0.15, -0.1) is 0 Å². The van der Waals surface area contributed by atoms with Crippen LogP contribution >= 0.6 is 0 Å². The maximum absolute atomic E-state index is 11.1. The van der Waals surface area contributed by atoms with Gasteiger partial charge in [0.15, 0.2) is 0 Å². The molecule has 0 aromatic heterocycles. The average Bonchev–Trinajstić information content (AvgIpc) is 3.13. The lowest BCUT2D eigenvalue weighted by molar-refractivity contribution is -0.139. The predicted octanol–water partition coefficient (Wildman–Crippen LogP) is 2.53. The molecule has 0 bridgehead atoms. The second kappa shape index (κ2) is 5.35. The molecule has 0 spiro atoms. The van der Waals surface area contributed by atoms with Gasteiger partial charge in [-0.3, -0.25) is 4.79 Å². The summed E-state index contributed by atoms with van der Waals surface area (Å²) in [6.07, 6.45) is 5.03. The number of hydrogen-bond acceptors (Lipinski definition) is 3. The van der Waals surface area contributed by atoms with Crippen LogP contribution in [0.3, 0.4) is 0 Å². The minimum Gasteiger partial charge on any atom is -0.489 e. The lowest BCUT2D eigenvalue weighted by Crippen LogP contribution is -2.01. The summed E-state index contributed by atoms with van der Waals surface area (Å²) < 4.78 is 10.3. The highest BCUT2D eigenvalue weighted by Crippen LogP contribution is 2.30. The lowest BCUT2D eigenvalue weighted by atomic mass is 10.3. The first-order valence-corrected chi connectivity index (χ1v) is 5.39. The van der Waals surface area contributed by atoms with Crippen LogP contribution in [-0.2, 0) is 9.53 Å². The zero-order valence-corrected chi connectivity index (χ0v) is 8.96. The Morgan fingerprint density at radius 2 is 2.06 bits per heavy atom. The van der Waals surface area contributed by atoms with Crippen LogP contribution in [0.4, 0.5) is 0 Å². The van der Waals surface area contributed by atoms with Crippen molar-refractivity contribution in [2.24, 2.45) is 5.92 Å². The van der Waals surface area contributed by atoms with Crippen molar-refractivity contribution in [2.75, 3.05) is 6.61 Å². The number of carbonyl (C=O) groups is 1. The molecule has 0 N–H and O–H groups in total. The van der Waals surface area contributed by atoms with Crippen molar-refractivity contribution in [2.45, 2.75) is 12.8 Å². The van der Waals surface area contributed by atoms with Crippen molar-refractivity contribution >= 4 is 5.97 Å². The van der Waals surface area contributed by atoms with E-state index in [1.54, 1.807) is 6.08 Å². The molecular formula is C13H14O3. The number of carbonyl (C=O) groups excluding carboxylic acids is 1. The van der Waals surface area contributed by atoms with Gasteiger partial charge in [0.1, 0.15) is 12.4 Å². The fourth-order valence-electron chi connectivity index (χ4n) is 1.23. The standard InChI is InChI=1S/C13H14O3/c14-13(11-7-8-11)16-10-4-9-15-12-5-2-1-3-6-12/h1-6,10-11H,7-9H2/b10-4+. The molecule has 0 atom stereocenters. The normalized spacial score (nSPS) is 15.0. The van der Waals surface area contributed by atoms with E-state index >= 15 is 0 Å². The van der Waals surface area contributed by atoms with Crippen LogP contribution in [0.2, 0.25) is 0 Å². The van der Waals surface area contributed by atoms with Gasteiger partial charge in [0, 0.05) is 0 Å². The summed E-state index contributed by atoms with van der Waals surface area (Å²) in [5.41, 5.74) is 0. The summed E-state index contributed by atoms with van der Waals surface area (Å²) >= 11 is 0. The Kier molecular flexibility index (Phi) is 3.59. The van der Waals surface area contributed by atoms with Gasteiger partial charge >= 0.3 is 5.97 Å². The first kappa shape index (κ1) is 10.7. The number of para-hydroxylation sites is 1. The molecule has 1 aromatic carbocycles. The number of ether oxygens (including phenoxy) is 2. The van der Waals surface area contributed by atoms with Gasteiger partial charge in [0.2, 0.25) is 0 Å². The highest BCUT2D eigenvalue weighted by molar-refractivity contribution is 5.75. The van der Waals surface area contributed by atoms with Gasteiger partial charge in [-0.2, -0.15) is 0 Å². The zero-order valence-electron chi connectivity index (χ0n) is 8.96. The van der Waals surface area contributed by atoms with E-state index < -0.39 is 0 Å². The number of hydrogen-bond donors (Lipinski definition) is 0. The highest BCUT2D eigenvalue weighted by Gasteiger charge is 2.30. The maximum atomic E-state index is 11.1. The summed E-state index contributed by atoms with van der Waals surface area (Å²) in [6, 6.07) is 9.51. The smallest absolute Gasteiger partial charge is 0.313 e. The van der Waals surface area contributed by atoms with Crippen LogP contribution in [-0.4, -0.2) is 12.6 Å². The molecule has 0 saturated heterocycles. The molecular weight excluding hydrogens is 204 g/mol. The van der Waals surface area contributed by atoms with E-state index in [1.807, 2.05) is 30.3 Å². The monoisotopic (exact) mass is 218 g/mol. The van der Waals surface area contributed by atoms with Gasteiger partial charge in [-0.1, -0.05) is 18.2 Å². The van der Waals surface area contributed by atoms with Crippen LogP contribution in [0.1, 0.15) is 12.8 Å². The van der Waals surface area contributed by atoms with Crippen LogP contribution < -0.4 is 4.74 Å². The summed E-state index contributed by atoms with van der Waals surface area (Å²) in [7, 11) is 0. The van der Waals surface area contributed by atoms with Crippen molar-refractivity contribution in [3.8, 4) is 5.75 Å². The van der Waals surface area contributed by atoms with E-state index in [2.05, 4.69) is 0 Å². The summed E-state index contributed by atoms with van der Waals surface area (Å²) in [5.74, 6) is 0.816. The van der Waals surface area contributed by atoms with E-state index in [9.17, 15) is 4.79 Å². The third-order valence-electron chi connectivity index (χ3n) is 2.28. The Labute approximate surface area is 94.7 Å². The Morgan fingerprint density at radius 3 is 2.75 bits per heavy atom. The molecule has 1 aliphatic rings. The van der Waals surface area contributed by atoms with E-state index in [0.717, 1.165) is 18.6 Å². The molecule has 2 rings (SSSR count). The van der Waals surface area contributed by atoms with E-state index in [-0.39, 0.29) is 11.9 Å². The Morgan fingerprint density at radius 1 is 1.31 bits per heavy atom. The fraction of sp³-hybridized carbons (Fsp3) is 0.308. The molecule has 0 amide bonds. The van der Waals surface area contributed by atoms with Crippen molar-refractivity contribution in [3.63, 3.8) is 0 Å². The highest BCUT2D eigenvalue weighted by atomic mass is 16.5. The molecule has 0 unspecified atom stereocenters. The first-order chi connectivity index (χ1) is 7.86. The molecule has 84 valence electrons. The van der Waals surface area contributed by atoms with E-state index in [4.69, 9.17) is 9.47 Å². The summed E-state index contributed by atoms with van der Waals surface area (Å²) in [5, 5.41) is 0. The second-order valence-corrected chi connectivity index (χ2v) is 3.71. The van der Waals surface area contributed by atoms with Crippen molar-refractivity contribution in [1.29, 1.82) is 0 Å². The van der Waals surface area contributed by atoms with Gasteiger partial charge in [0.25, 0.3) is 0 Å². The van der Waals surface area contributed by atoms with Crippen molar-refractivity contribution in [3.05, 3.63) is 42.7 Å². The minimum absolute atomic E-state index is 0.129. The molecule has 3 nitrogen and oxygen atoms in total. The molecule has 1 aliphatic carbocycles. The summed E-state index contributed by atoms with van der Waals surface area (Å²) in [4.78, 5) is 11.1. The van der Waals surface area contributed by atoms with E-state index in [1.165, 1.54) is 6.26 Å². The number of rotatable bonds is 5. The van der Waals surface area contributed by atoms with Crippen LogP contribution in [0.5, 0.6) is 5.75 Å². The molecule has 0 aliphatic heterocycles. The van der Waals surface area contributed by atoms with Crippen molar-refractivity contribution < 1.29 is 14.3 Å². The topological polar surface area (TPSA) is 35.5 Å². The van der Waals surface area contributed by atoms with Crippen LogP contribution in [0.25, 0.3) is 0 Å². The molecule has 1 saturated carbocycles. The Bertz CT molecular complexity index is 366. The zero-order chi connectivity index (χ0) is 11.2. The van der Waals surface area contributed by atoms with Crippen LogP contribution in [0.15, 0.2) is 42.7 Å². The van der Waals surface area contributed by atoms with Crippen molar-refractivity contribution in [1.82, 2.24) is 0 Å².